The van der Waals surface area contributed by atoms with Crippen molar-refractivity contribution in [3.05, 3.63) is 71.3 Å². The van der Waals surface area contributed by atoms with Gasteiger partial charge in [-0.2, -0.15) is 0 Å². The summed E-state index contributed by atoms with van der Waals surface area (Å²) in [5.41, 5.74) is 0.693. The summed E-state index contributed by atoms with van der Waals surface area (Å²) in [5.74, 6) is -1.69. The van der Waals surface area contributed by atoms with Crippen LogP contribution in [0.25, 0.3) is 0 Å². The van der Waals surface area contributed by atoms with Crippen molar-refractivity contribution >= 4 is 11.9 Å². The Kier molecular flexibility index (Phi) is 4.68. The van der Waals surface area contributed by atoms with Gasteiger partial charge in [0.15, 0.2) is 0 Å². The fourth-order valence-electron chi connectivity index (χ4n) is 1.95. The number of nitrogens with one attached hydrogen (secondary N) is 1. The maximum Gasteiger partial charge on any atom is 0.336 e. The van der Waals surface area contributed by atoms with Gasteiger partial charge in [0.05, 0.1) is 17.2 Å². The number of carbonyl (C=O) groups is 2. The molecule has 3 N–H and O–H groups in total. The van der Waals surface area contributed by atoms with Gasteiger partial charge in [0.2, 0.25) is 0 Å². The predicted octanol–water partition coefficient (Wildman–Crippen LogP) is 1.85. The first kappa shape index (κ1) is 14.7. The van der Waals surface area contributed by atoms with Crippen LogP contribution in [-0.2, 0) is 0 Å². The van der Waals surface area contributed by atoms with E-state index >= 15 is 0 Å². The SMILES string of the molecule is O=C(O)c1ccccc1C(=O)NC[C@@H](O)c1ccccc1. The molecule has 2 aromatic carbocycles. The summed E-state index contributed by atoms with van der Waals surface area (Å²) in [4.78, 5) is 23.1. The van der Waals surface area contributed by atoms with Crippen LogP contribution in [0.3, 0.4) is 0 Å². The third kappa shape index (κ3) is 3.67. The zero-order chi connectivity index (χ0) is 15.2. The minimum atomic E-state index is -1.16. The first-order chi connectivity index (χ1) is 10.1. The number of aliphatic hydroxyl groups is 1. The number of hydrogen-bond acceptors (Lipinski definition) is 3. The predicted molar refractivity (Wildman–Crippen MR) is 77.1 cm³/mol. The van der Waals surface area contributed by atoms with E-state index in [1.165, 1.54) is 12.1 Å². The number of hydrogen-bond donors (Lipinski definition) is 3. The lowest BCUT2D eigenvalue weighted by Gasteiger charge is -2.13. The monoisotopic (exact) mass is 285 g/mol. The summed E-state index contributed by atoms with van der Waals surface area (Å²) in [7, 11) is 0. The highest BCUT2D eigenvalue weighted by molar-refractivity contribution is 6.04. The van der Waals surface area contributed by atoms with E-state index in [2.05, 4.69) is 5.32 Å². The maximum absolute atomic E-state index is 12.0. The Hall–Kier alpha value is -2.66. The molecule has 0 unspecified atom stereocenters. The molecule has 0 spiro atoms. The molecule has 0 aliphatic rings. The van der Waals surface area contributed by atoms with Crippen LogP contribution in [0.1, 0.15) is 32.4 Å². The molecule has 5 heteroatoms. The van der Waals surface area contributed by atoms with Gasteiger partial charge in [0.1, 0.15) is 0 Å². The lowest BCUT2D eigenvalue weighted by Crippen LogP contribution is -2.29. The van der Waals surface area contributed by atoms with Crippen LogP contribution < -0.4 is 5.32 Å². The Balaban J connectivity index is 2.04. The van der Waals surface area contributed by atoms with E-state index < -0.39 is 18.0 Å². The van der Waals surface area contributed by atoms with Crippen molar-refractivity contribution in [3.8, 4) is 0 Å². The van der Waals surface area contributed by atoms with Crippen molar-refractivity contribution in [2.75, 3.05) is 6.54 Å². The highest BCUT2D eigenvalue weighted by Gasteiger charge is 2.16. The Morgan fingerprint density at radius 3 is 2.14 bits per heavy atom. The minimum Gasteiger partial charge on any atom is -0.478 e. The summed E-state index contributed by atoms with van der Waals surface area (Å²) in [5, 5.41) is 21.5. The molecule has 21 heavy (non-hydrogen) atoms. The van der Waals surface area contributed by atoms with Gasteiger partial charge < -0.3 is 15.5 Å². The molecular formula is C16H15NO4. The van der Waals surface area contributed by atoms with Gasteiger partial charge in [-0.15, -0.1) is 0 Å². The van der Waals surface area contributed by atoms with Crippen molar-refractivity contribution in [3.63, 3.8) is 0 Å². The molecule has 0 bridgehead atoms. The number of carboxylic acids is 1. The van der Waals surface area contributed by atoms with Gasteiger partial charge in [-0.1, -0.05) is 42.5 Å². The van der Waals surface area contributed by atoms with Crippen LogP contribution in [-0.4, -0.2) is 28.6 Å². The zero-order valence-corrected chi connectivity index (χ0v) is 11.2. The standard InChI is InChI=1S/C16H15NO4/c18-14(11-6-2-1-3-7-11)10-17-15(19)12-8-4-5-9-13(12)16(20)21/h1-9,14,18H,10H2,(H,17,19)(H,20,21)/t14-/m1/s1. The average Bonchev–Trinajstić information content (AvgIpc) is 2.53. The van der Waals surface area contributed by atoms with Crippen LogP contribution in [0.5, 0.6) is 0 Å². The van der Waals surface area contributed by atoms with Gasteiger partial charge >= 0.3 is 5.97 Å². The normalized spacial score (nSPS) is 11.7. The molecule has 2 rings (SSSR count). The van der Waals surface area contributed by atoms with Crippen LogP contribution in [0.15, 0.2) is 54.6 Å². The van der Waals surface area contributed by atoms with E-state index in [1.54, 1.807) is 36.4 Å². The third-order valence-corrected chi connectivity index (χ3v) is 3.04. The summed E-state index contributed by atoms with van der Waals surface area (Å²) < 4.78 is 0. The smallest absolute Gasteiger partial charge is 0.336 e. The van der Waals surface area contributed by atoms with E-state index in [-0.39, 0.29) is 17.7 Å². The Morgan fingerprint density at radius 2 is 1.52 bits per heavy atom. The second-order valence-electron chi connectivity index (χ2n) is 4.49. The van der Waals surface area contributed by atoms with Crippen molar-refractivity contribution in [2.24, 2.45) is 0 Å². The molecule has 108 valence electrons. The molecule has 2 aromatic rings. The van der Waals surface area contributed by atoms with E-state index in [1.807, 2.05) is 6.07 Å². The molecule has 1 amide bonds. The van der Waals surface area contributed by atoms with Gasteiger partial charge in [0, 0.05) is 6.54 Å². The Bertz CT molecular complexity index is 640. The molecule has 0 saturated carbocycles. The number of carboxylic acid groups (broad SMARTS) is 1. The lowest BCUT2D eigenvalue weighted by atomic mass is 10.1. The lowest BCUT2D eigenvalue weighted by molar-refractivity contribution is 0.0690. The van der Waals surface area contributed by atoms with Crippen LogP contribution >= 0.6 is 0 Å². The number of carbonyl (C=O) groups excluding carboxylic acids is 1. The van der Waals surface area contributed by atoms with Crippen LogP contribution in [0.4, 0.5) is 0 Å². The summed E-state index contributed by atoms with van der Waals surface area (Å²) in [6.07, 6.45) is -0.841. The van der Waals surface area contributed by atoms with E-state index in [4.69, 9.17) is 5.11 Å². The van der Waals surface area contributed by atoms with Gasteiger partial charge in [0.25, 0.3) is 5.91 Å². The minimum absolute atomic E-state index is 0.0107. The molecule has 1 atom stereocenters. The van der Waals surface area contributed by atoms with Crippen molar-refractivity contribution in [2.45, 2.75) is 6.10 Å². The summed E-state index contributed by atoms with van der Waals surface area (Å²) >= 11 is 0. The first-order valence-electron chi connectivity index (χ1n) is 6.43. The molecule has 0 fully saturated rings. The second kappa shape index (κ2) is 6.67. The van der Waals surface area contributed by atoms with Crippen molar-refractivity contribution in [1.82, 2.24) is 5.32 Å². The highest BCUT2D eigenvalue weighted by atomic mass is 16.4. The molecule has 0 aromatic heterocycles. The molecule has 0 heterocycles. The number of benzene rings is 2. The number of rotatable bonds is 5. The molecular weight excluding hydrogens is 270 g/mol. The first-order valence-corrected chi connectivity index (χ1v) is 6.43. The van der Waals surface area contributed by atoms with E-state index in [0.29, 0.717) is 5.56 Å². The maximum atomic E-state index is 12.0. The fraction of sp³-hybridized carbons (Fsp3) is 0.125. The van der Waals surface area contributed by atoms with Gasteiger partial charge in [-0.3, -0.25) is 4.79 Å². The number of aromatic carboxylic acids is 1. The number of aliphatic hydroxyl groups excluding tert-OH is 1. The summed E-state index contributed by atoms with van der Waals surface area (Å²) in [6.45, 7) is 0.0107. The summed E-state index contributed by atoms with van der Waals surface area (Å²) in [6, 6.07) is 14.9. The Morgan fingerprint density at radius 1 is 0.952 bits per heavy atom. The zero-order valence-electron chi connectivity index (χ0n) is 11.2. The molecule has 0 aliphatic carbocycles. The number of amides is 1. The Labute approximate surface area is 121 Å². The van der Waals surface area contributed by atoms with Gasteiger partial charge in [-0.05, 0) is 17.7 Å². The quantitative estimate of drug-likeness (QED) is 0.782. The van der Waals surface area contributed by atoms with Crippen LogP contribution in [0.2, 0.25) is 0 Å². The molecule has 5 nitrogen and oxygen atoms in total. The molecule has 0 radical (unpaired) electrons. The average molecular weight is 285 g/mol. The molecule has 0 aliphatic heterocycles. The highest BCUT2D eigenvalue weighted by Crippen LogP contribution is 2.12. The topological polar surface area (TPSA) is 86.6 Å². The fourth-order valence-corrected chi connectivity index (χ4v) is 1.95. The van der Waals surface area contributed by atoms with Crippen LogP contribution in [0, 0.1) is 0 Å². The van der Waals surface area contributed by atoms with Gasteiger partial charge in [-0.25, -0.2) is 4.79 Å². The largest absolute Gasteiger partial charge is 0.478 e. The second-order valence-corrected chi connectivity index (χ2v) is 4.49. The van der Waals surface area contributed by atoms with E-state index in [0.717, 1.165) is 0 Å². The van der Waals surface area contributed by atoms with Crippen molar-refractivity contribution < 1.29 is 19.8 Å². The van der Waals surface area contributed by atoms with E-state index in [9.17, 15) is 14.7 Å². The van der Waals surface area contributed by atoms with Crippen molar-refractivity contribution in [1.29, 1.82) is 0 Å². The molecule has 0 saturated heterocycles. The third-order valence-electron chi connectivity index (χ3n) is 3.04.